The Balaban J connectivity index is 2.78. The molecule has 1 rings (SSSR count). The van der Waals surface area contributed by atoms with Crippen LogP contribution < -0.4 is 5.32 Å². The molecular formula is C14H21NO2. The fourth-order valence-corrected chi connectivity index (χ4v) is 1.45. The summed E-state index contributed by atoms with van der Waals surface area (Å²) in [6, 6.07) is 9.77. The molecule has 3 nitrogen and oxygen atoms in total. The van der Waals surface area contributed by atoms with Gasteiger partial charge in [-0.2, -0.15) is 0 Å². The predicted octanol–water partition coefficient (Wildman–Crippen LogP) is 2.54. The minimum Gasteiger partial charge on any atom is -0.382 e. The van der Waals surface area contributed by atoms with E-state index in [9.17, 15) is 4.79 Å². The number of hydrogen-bond acceptors (Lipinski definition) is 2. The molecule has 1 aromatic rings. The Bertz CT molecular complexity index is 354. The van der Waals surface area contributed by atoms with E-state index < -0.39 is 0 Å². The van der Waals surface area contributed by atoms with E-state index in [1.807, 2.05) is 51.1 Å². The summed E-state index contributed by atoms with van der Waals surface area (Å²) in [5.41, 5.74) is 0.674. The van der Waals surface area contributed by atoms with E-state index in [1.165, 1.54) is 0 Å². The normalized spacial score (nSPS) is 13.2. The van der Waals surface area contributed by atoms with Crippen molar-refractivity contribution in [2.75, 3.05) is 13.7 Å². The van der Waals surface area contributed by atoms with Gasteiger partial charge in [-0.05, 0) is 5.56 Å². The first-order chi connectivity index (χ1) is 7.95. The van der Waals surface area contributed by atoms with E-state index in [0.29, 0.717) is 6.61 Å². The first-order valence-corrected chi connectivity index (χ1v) is 5.80. The lowest BCUT2D eigenvalue weighted by molar-refractivity contribution is -0.129. The van der Waals surface area contributed by atoms with Crippen molar-refractivity contribution >= 4 is 5.91 Å². The lowest BCUT2D eigenvalue weighted by Gasteiger charge is -2.24. The second-order valence-corrected chi connectivity index (χ2v) is 5.14. The van der Waals surface area contributed by atoms with Crippen molar-refractivity contribution < 1.29 is 9.53 Å². The molecular weight excluding hydrogens is 214 g/mol. The Kier molecular flexibility index (Phi) is 4.70. The van der Waals surface area contributed by atoms with Gasteiger partial charge in [-0.3, -0.25) is 4.79 Å². The van der Waals surface area contributed by atoms with Crippen LogP contribution in [-0.2, 0) is 9.53 Å². The molecule has 0 unspecified atom stereocenters. The molecule has 0 aliphatic carbocycles. The summed E-state index contributed by atoms with van der Waals surface area (Å²) in [4.78, 5) is 12.0. The van der Waals surface area contributed by atoms with Gasteiger partial charge in [0.05, 0.1) is 12.6 Å². The third-order valence-corrected chi connectivity index (χ3v) is 2.52. The van der Waals surface area contributed by atoms with Gasteiger partial charge in [-0.15, -0.1) is 0 Å². The molecule has 0 aliphatic rings. The van der Waals surface area contributed by atoms with Gasteiger partial charge >= 0.3 is 0 Å². The molecule has 0 bridgehead atoms. The number of nitrogens with one attached hydrogen (secondary N) is 1. The maximum atomic E-state index is 12.0. The first-order valence-electron chi connectivity index (χ1n) is 5.80. The van der Waals surface area contributed by atoms with Gasteiger partial charge in [0.25, 0.3) is 0 Å². The number of ether oxygens (including phenoxy) is 1. The van der Waals surface area contributed by atoms with Crippen LogP contribution in [-0.4, -0.2) is 19.6 Å². The zero-order valence-electron chi connectivity index (χ0n) is 11.0. The Hall–Kier alpha value is -1.35. The number of rotatable bonds is 4. The Morgan fingerprint density at radius 3 is 2.35 bits per heavy atom. The zero-order valence-corrected chi connectivity index (χ0v) is 11.0. The van der Waals surface area contributed by atoms with Crippen LogP contribution >= 0.6 is 0 Å². The highest BCUT2D eigenvalue weighted by Gasteiger charge is 2.24. The van der Waals surface area contributed by atoms with Gasteiger partial charge in [0, 0.05) is 12.5 Å². The van der Waals surface area contributed by atoms with Crippen molar-refractivity contribution in [1.82, 2.24) is 5.32 Å². The maximum absolute atomic E-state index is 12.0. The van der Waals surface area contributed by atoms with Crippen LogP contribution in [0.5, 0.6) is 0 Å². The first kappa shape index (κ1) is 13.7. The van der Waals surface area contributed by atoms with Crippen LogP contribution in [0.1, 0.15) is 32.4 Å². The largest absolute Gasteiger partial charge is 0.382 e. The summed E-state index contributed by atoms with van der Waals surface area (Å²) in [6.07, 6.45) is 0. The fourth-order valence-electron chi connectivity index (χ4n) is 1.45. The van der Waals surface area contributed by atoms with Gasteiger partial charge in [-0.25, -0.2) is 0 Å². The highest BCUT2D eigenvalue weighted by atomic mass is 16.5. The molecule has 1 atom stereocenters. The molecule has 0 saturated heterocycles. The third kappa shape index (κ3) is 4.19. The predicted molar refractivity (Wildman–Crippen MR) is 68.7 cm³/mol. The molecule has 0 fully saturated rings. The molecule has 0 heterocycles. The molecule has 17 heavy (non-hydrogen) atoms. The minimum absolute atomic E-state index is 0.0309. The number of methoxy groups -OCH3 is 1. The molecule has 0 aliphatic heterocycles. The van der Waals surface area contributed by atoms with Gasteiger partial charge in [0.2, 0.25) is 5.91 Å². The molecule has 3 heteroatoms. The number of amides is 1. The average molecular weight is 235 g/mol. The van der Waals surface area contributed by atoms with Crippen molar-refractivity contribution in [3.05, 3.63) is 35.9 Å². The zero-order chi connectivity index (χ0) is 12.9. The molecule has 1 N–H and O–H groups in total. The lowest BCUT2D eigenvalue weighted by atomic mass is 9.94. The van der Waals surface area contributed by atoms with Gasteiger partial charge in [0.1, 0.15) is 0 Å². The highest BCUT2D eigenvalue weighted by molar-refractivity contribution is 5.81. The summed E-state index contributed by atoms with van der Waals surface area (Å²) in [5.74, 6) is 0.0309. The summed E-state index contributed by atoms with van der Waals surface area (Å²) in [6.45, 7) is 6.18. The Labute approximate surface area is 103 Å². The average Bonchev–Trinajstić information content (AvgIpc) is 2.28. The Morgan fingerprint density at radius 1 is 1.29 bits per heavy atom. The van der Waals surface area contributed by atoms with Crippen LogP contribution in [0, 0.1) is 5.41 Å². The molecule has 0 spiro atoms. The van der Waals surface area contributed by atoms with Gasteiger partial charge in [-0.1, -0.05) is 51.1 Å². The summed E-state index contributed by atoms with van der Waals surface area (Å²) in [5, 5.41) is 3.01. The van der Waals surface area contributed by atoms with Crippen LogP contribution in [0.4, 0.5) is 0 Å². The number of carbonyl (C=O) groups is 1. The Morgan fingerprint density at radius 2 is 1.88 bits per heavy atom. The lowest BCUT2D eigenvalue weighted by Crippen LogP contribution is -2.39. The standard InChI is InChI=1S/C14H21NO2/c1-14(2,3)13(16)15-12(10-17-4)11-8-6-5-7-9-11/h5-9,12H,10H2,1-4H3,(H,15,16)/t12-/m1/s1. The summed E-state index contributed by atoms with van der Waals surface area (Å²) in [7, 11) is 1.64. The quantitative estimate of drug-likeness (QED) is 0.871. The van der Waals surface area contributed by atoms with E-state index in [4.69, 9.17) is 4.74 Å². The van der Waals surface area contributed by atoms with Crippen molar-refractivity contribution in [1.29, 1.82) is 0 Å². The van der Waals surface area contributed by atoms with Crippen molar-refractivity contribution in [2.24, 2.45) is 5.41 Å². The number of carbonyl (C=O) groups excluding carboxylic acids is 1. The van der Waals surface area contributed by atoms with Crippen molar-refractivity contribution in [3.63, 3.8) is 0 Å². The second-order valence-electron chi connectivity index (χ2n) is 5.14. The smallest absolute Gasteiger partial charge is 0.225 e. The van der Waals surface area contributed by atoms with Crippen LogP contribution in [0.3, 0.4) is 0 Å². The van der Waals surface area contributed by atoms with Gasteiger partial charge < -0.3 is 10.1 Å². The van der Waals surface area contributed by atoms with Crippen molar-refractivity contribution in [3.8, 4) is 0 Å². The van der Waals surface area contributed by atoms with E-state index >= 15 is 0 Å². The third-order valence-electron chi connectivity index (χ3n) is 2.52. The van der Waals surface area contributed by atoms with E-state index in [1.54, 1.807) is 7.11 Å². The molecule has 0 saturated carbocycles. The van der Waals surface area contributed by atoms with Crippen molar-refractivity contribution in [2.45, 2.75) is 26.8 Å². The molecule has 0 radical (unpaired) electrons. The maximum Gasteiger partial charge on any atom is 0.225 e. The van der Waals surface area contributed by atoms with E-state index in [2.05, 4.69) is 5.32 Å². The number of benzene rings is 1. The molecule has 94 valence electrons. The second kappa shape index (κ2) is 5.82. The van der Waals surface area contributed by atoms with Crippen LogP contribution in [0.15, 0.2) is 30.3 Å². The van der Waals surface area contributed by atoms with E-state index in [0.717, 1.165) is 5.56 Å². The highest BCUT2D eigenvalue weighted by Crippen LogP contribution is 2.18. The van der Waals surface area contributed by atoms with Crippen LogP contribution in [0.2, 0.25) is 0 Å². The molecule has 1 aromatic carbocycles. The number of hydrogen-bond donors (Lipinski definition) is 1. The molecule has 1 amide bonds. The monoisotopic (exact) mass is 235 g/mol. The SMILES string of the molecule is COC[C@@H](NC(=O)C(C)(C)C)c1ccccc1. The fraction of sp³-hybridized carbons (Fsp3) is 0.500. The summed E-state index contributed by atoms with van der Waals surface area (Å²) < 4.78 is 5.16. The topological polar surface area (TPSA) is 38.3 Å². The molecule has 0 aromatic heterocycles. The minimum atomic E-state index is -0.388. The van der Waals surface area contributed by atoms with Gasteiger partial charge in [0.15, 0.2) is 0 Å². The van der Waals surface area contributed by atoms with E-state index in [-0.39, 0.29) is 17.4 Å². The summed E-state index contributed by atoms with van der Waals surface area (Å²) >= 11 is 0. The van der Waals surface area contributed by atoms with Crippen LogP contribution in [0.25, 0.3) is 0 Å².